The second-order valence-electron chi connectivity index (χ2n) is 6.11. The molecule has 138 valence electrons. The first kappa shape index (κ1) is 21.4. The summed E-state index contributed by atoms with van der Waals surface area (Å²) in [6.07, 6.45) is 1.79. The molecule has 25 heavy (non-hydrogen) atoms. The molecule has 2 heterocycles. The minimum absolute atomic E-state index is 0. The predicted octanol–water partition coefficient (Wildman–Crippen LogP) is 2.90. The lowest BCUT2D eigenvalue weighted by molar-refractivity contribution is 0.436. The van der Waals surface area contributed by atoms with Crippen LogP contribution in [0.25, 0.3) is 0 Å². The smallest absolute Gasteiger partial charge is 0.191 e. The van der Waals surface area contributed by atoms with Gasteiger partial charge < -0.3 is 10.6 Å². The molecule has 1 unspecified atom stereocenters. The highest BCUT2D eigenvalue weighted by molar-refractivity contribution is 14.0. The molecular weight excluding hydrogens is 427 g/mol. The van der Waals surface area contributed by atoms with Crippen LogP contribution in [0.5, 0.6) is 0 Å². The van der Waals surface area contributed by atoms with E-state index in [2.05, 4.69) is 57.2 Å². The lowest BCUT2D eigenvalue weighted by Gasteiger charge is -2.16. The maximum absolute atomic E-state index is 4.59. The monoisotopic (exact) mass is 456 g/mol. The van der Waals surface area contributed by atoms with Gasteiger partial charge in [-0.25, -0.2) is 4.99 Å². The minimum atomic E-state index is 0. The van der Waals surface area contributed by atoms with Crippen LogP contribution < -0.4 is 10.6 Å². The summed E-state index contributed by atoms with van der Waals surface area (Å²) in [6, 6.07) is 7.99. The van der Waals surface area contributed by atoms with Crippen molar-refractivity contribution >= 4 is 29.9 Å². The van der Waals surface area contributed by atoms with E-state index in [0.29, 0.717) is 12.5 Å². The molecule has 0 saturated heterocycles. The minimum Gasteiger partial charge on any atom is -0.357 e. The summed E-state index contributed by atoms with van der Waals surface area (Å²) < 4.78 is 2.07. The molecule has 0 fully saturated rings. The lowest BCUT2D eigenvalue weighted by atomic mass is 10.2. The number of aliphatic imine (C=N–C) groups is 1. The van der Waals surface area contributed by atoms with Crippen molar-refractivity contribution in [2.24, 2.45) is 10.9 Å². The summed E-state index contributed by atoms with van der Waals surface area (Å²) in [4.78, 5) is 8.89. The predicted molar refractivity (Wildman–Crippen MR) is 113 cm³/mol. The van der Waals surface area contributed by atoms with Gasteiger partial charge in [0.15, 0.2) is 5.96 Å². The van der Waals surface area contributed by atoms with Gasteiger partial charge in [0, 0.05) is 31.5 Å². The van der Waals surface area contributed by atoms with Crippen molar-refractivity contribution < 1.29 is 0 Å². The normalized spacial score (nSPS) is 12.4. The third-order valence-electron chi connectivity index (χ3n) is 3.68. The number of hydrogen-bond donors (Lipinski definition) is 2. The van der Waals surface area contributed by atoms with E-state index >= 15 is 0 Å². The van der Waals surface area contributed by atoms with Crippen LogP contribution in [0.2, 0.25) is 0 Å². The number of guanidine groups is 1. The van der Waals surface area contributed by atoms with Crippen LogP contribution in [0, 0.1) is 19.8 Å². The highest BCUT2D eigenvalue weighted by Gasteiger charge is 2.08. The Labute approximate surface area is 167 Å². The lowest BCUT2D eigenvalue weighted by Crippen LogP contribution is -2.40. The average Bonchev–Trinajstić information content (AvgIpc) is 2.88. The number of pyridine rings is 1. The van der Waals surface area contributed by atoms with Crippen molar-refractivity contribution in [2.45, 2.75) is 40.8 Å². The van der Waals surface area contributed by atoms with E-state index < -0.39 is 0 Å². The van der Waals surface area contributed by atoms with Crippen LogP contribution in [-0.2, 0) is 13.1 Å². The number of aromatic nitrogens is 3. The molecule has 0 spiro atoms. The third kappa shape index (κ3) is 7.41. The van der Waals surface area contributed by atoms with Crippen LogP contribution in [0.4, 0.5) is 0 Å². The molecule has 0 amide bonds. The number of nitrogens with one attached hydrogen (secondary N) is 2. The fraction of sp³-hybridized carbons (Fsp3) is 0.500. The maximum Gasteiger partial charge on any atom is 0.191 e. The van der Waals surface area contributed by atoms with Crippen molar-refractivity contribution in [1.82, 2.24) is 25.4 Å². The number of aryl methyl sites for hydroxylation is 2. The van der Waals surface area contributed by atoms with Gasteiger partial charge in [0.25, 0.3) is 0 Å². The summed E-state index contributed by atoms with van der Waals surface area (Å²) in [5, 5.41) is 11.2. The van der Waals surface area contributed by atoms with Gasteiger partial charge in [-0.15, -0.1) is 24.0 Å². The zero-order chi connectivity index (χ0) is 17.4. The fourth-order valence-corrected chi connectivity index (χ4v) is 2.48. The van der Waals surface area contributed by atoms with Gasteiger partial charge in [0.2, 0.25) is 0 Å². The van der Waals surface area contributed by atoms with Crippen molar-refractivity contribution in [1.29, 1.82) is 0 Å². The summed E-state index contributed by atoms with van der Waals surface area (Å²) in [7, 11) is 0. The Balaban J connectivity index is 0.00000312. The highest BCUT2D eigenvalue weighted by Crippen LogP contribution is 2.05. The zero-order valence-electron chi connectivity index (χ0n) is 15.5. The van der Waals surface area contributed by atoms with Crippen LogP contribution >= 0.6 is 24.0 Å². The number of hydrogen-bond acceptors (Lipinski definition) is 3. The van der Waals surface area contributed by atoms with E-state index in [1.54, 1.807) is 6.20 Å². The largest absolute Gasteiger partial charge is 0.357 e. The Hall–Kier alpha value is -1.64. The van der Waals surface area contributed by atoms with E-state index in [0.717, 1.165) is 37.0 Å². The first-order chi connectivity index (χ1) is 11.6. The zero-order valence-corrected chi connectivity index (χ0v) is 17.8. The molecule has 0 bridgehead atoms. The molecule has 2 N–H and O–H groups in total. The molecule has 0 aliphatic rings. The van der Waals surface area contributed by atoms with Crippen molar-refractivity contribution in [2.75, 3.05) is 13.1 Å². The quantitative estimate of drug-likeness (QED) is 0.382. The molecule has 0 aliphatic carbocycles. The summed E-state index contributed by atoms with van der Waals surface area (Å²) in [5.74, 6) is 1.27. The maximum atomic E-state index is 4.59. The van der Waals surface area contributed by atoms with Gasteiger partial charge in [-0.3, -0.25) is 9.67 Å². The van der Waals surface area contributed by atoms with Crippen LogP contribution in [-0.4, -0.2) is 33.8 Å². The summed E-state index contributed by atoms with van der Waals surface area (Å²) in [6.45, 7) is 11.5. The van der Waals surface area contributed by atoms with Gasteiger partial charge in [-0.1, -0.05) is 13.0 Å². The second-order valence-corrected chi connectivity index (χ2v) is 6.11. The molecule has 2 aromatic heterocycles. The number of halogens is 1. The molecule has 2 aromatic rings. The van der Waals surface area contributed by atoms with E-state index in [-0.39, 0.29) is 24.0 Å². The van der Waals surface area contributed by atoms with Gasteiger partial charge in [-0.05, 0) is 44.9 Å². The Morgan fingerprint density at radius 1 is 1.28 bits per heavy atom. The molecule has 7 heteroatoms. The second kappa shape index (κ2) is 11.1. The van der Waals surface area contributed by atoms with Gasteiger partial charge >= 0.3 is 0 Å². The van der Waals surface area contributed by atoms with Crippen molar-refractivity contribution in [3.05, 3.63) is 47.5 Å². The van der Waals surface area contributed by atoms with Gasteiger partial charge in [0.1, 0.15) is 0 Å². The fourth-order valence-electron chi connectivity index (χ4n) is 2.48. The Morgan fingerprint density at radius 3 is 2.68 bits per heavy atom. The van der Waals surface area contributed by atoms with Crippen molar-refractivity contribution in [3.8, 4) is 0 Å². The van der Waals surface area contributed by atoms with E-state index in [1.807, 2.05) is 25.1 Å². The van der Waals surface area contributed by atoms with Gasteiger partial charge in [0.05, 0.1) is 17.9 Å². The molecule has 0 aliphatic heterocycles. The first-order valence-electron chi connectivity index (χ1n) is 8.51. The van der Waals surface area contributed by atoms with E-state index in [4.69, 9.17) is 0 Å². The Bertz CT molecular complexity index is 653. The molecule has 6 nitrogen and oxygen atoms in total. The standard InChI is InChI=1S/C18H28N6.HI/c1-5-19-18(22-12-17-8-6-7-9-20-17)21-11-14(2)13-24-16(4)10-15(3)23-24;/h6-10,14H,5,11-13H2,1-4H3,(H2,19,21,22);1H. The highest BCUT2D eigenvalue weighted by atomic mass is 127. The Kier molecular flexibility index (Phi) is 9.48. The Morgan fingerprint density at radius 2 is 2.08 bits per heavy atom. The van der Waals surface area contributed by atoms with E-state index in [1.165, 1.54) is 5.69 Å². The summed E-state index contributed by atoms with van der Waals surface area (Å²) in [5.41, 5.74) is 3.23. The SMILES string of the molecule is CCNC(=NCc1ccccn1)NCC(C)Cn1nc(C)cc1C.I. The van der Waals surface area contributed by atoms with Gasteiger partial charge in [-0.2, -0.15) is 5.10 Å². The first-order valence-corrected chi connectivity index (χ1v) is 8.51. The average molecular weight is 456 g/mol. The van der Waals surface area contributed by atoms with Crippen molar-refractivity contribution in [3.63, 3.8) is 0 Å². The third-order valence-corrected chi connectivity index (χ3v) is 3.68. The van der Waals surface area contributed by atoms with Crippen LogP contribution in [0.15, 0.2) is 35.5 Å². The molecule has 1 atom stereocenters. The summed E-state index contributed by atoms with van der Waals surface area (Å²) >= 11 is 0. The topological polar surface area (TPSA) is 67.1 Å². The molecule has 2 rings (SSSR count). The molecule has 0 radical (unpaired) electrons. The number of rotatable bonds is 7. The molecule has 0 aromatic carbocycles. The molecular formula is C18H29IN6. The van der Waals surface area contributed by atoms with Crippen LogP contribution in [0.3, 0.4) is 0 Å². The van der Waals surface area contributed by atoms with E-state index in [9.17, 15) is 0 Å². The number of nitrogens with zero attached hydrogens (tertiary/aromatic N) is 4. The molecule has 0 saturated carbocycles. The van der Waals surface area contributed by atoms with Crippen LogP contribution in [0.1, 0.15) is 30.9 Å².